The van der Waals surface area contributed by atoms with E-state index in [1.807, 2.05) is 11.8 Å². The van der Waals surface area contributed by atoms with Crippen LogP contribution >= 0.6 is 11.8 Å². The molecule has 1 aliphatic carbocycles. The number of thioether (sulfide) groups is 1. The van der Waals surface area contributed by atoms with Gasteiger partial charge in [0.2, 0.25) is 5.91 Å². The van der Waals surface area contributed by atoms with Gasteiger partial charge in [0.1, 0.15) is 0 Å². The Bertz CT molecular complexity index is 223. The van der Waals surface area contributed by atoms with Crippen molar-refractivity contribution in [3.05, 3.63) is 0 Å². The number of amides is 1. The molecule has 1 aliphatic heterocycles. The van der Waals surface area contributed by atoms with Gasteiger partial charge in [0.25, 0.3) is 0 Å². The van der Waals surface area contributed by atoms with Crippen LogP contribution in [0.4, 0.5) is 0 Å². The lowest BCUT2D eigenvalue weighted by atomic mass is 10.1. The zero-order chi connectivity index (χ0) is 10.7. The fourth-order valence-electron chi connectivity index (χ4n) is 2.56. The van der Waals surface area contributed by atoms with Crippen molar-refractivity contribution in [2.75, 3.05) is 18.2 Å². The molecule has 86 valence electrons. The Balaban J connectivity index is 1.95. The highest BCUT2D eigenvalue weighted by atomic mass is 32.2. The highest BCUT2D eigenvalue weighted by Crippen LogP contribution is 2.24. The van der Waals surface area contributed by atoms with Gasteiger partial charge in [-0.2, -0.15) is 0 Å². The summed E-state index contributed by atoms with van der Waals surface area (Å²) in [5, 5.41) is 3.27. The molecule has 0 aromatic heterocycles. The summed E-state index contributed by atoms with van der Waals surface area (Å²) in [6.07, 6.45) is 5.00. The van der Waals surface area contributed by atoms with Gasteiger partial charge < -0.3 is 4.90 Å². The lowest BCUT2D eigenvalue weighted by Gasteiger charge is -2.30. The molecule has 0 aromatic carbocycles. The van der Waals surface area contributed by atoms with Crippen LogP contribution in [0.2, 0.25) is 0 Å². The number of rotatable bonds is 3. The van der Waals surface area contributed by atoms with Gasteiger partial charge in [0.15, 0.2) is 0 Å². The summed E-state index contributed by atoms with van der Waals surface area (Å²) >= 11 is 1.82. The average Bonchev–Trinajstić information content (AvgIpc) is 2.91. The first kappa shape index (κ1) is 11.3. The number of nitrogens with zero attached hydrogens (tertiary/aromatic N) is 1. The largest absolute Gasteiger partial charge is 0.339 e. The SMILES string of the molecule is CCN(C(=O)C1CSCN1)C1CCCC1. The minimum atomic E-state index is 0.0792. The Labute approximate surface area is 96.0 Å². The molecular formula is C11H20N2OS. The average molecular weight is 228 g/mol. The molecule has 0 radical (unpaired) electrons. The van der Waals surface area contributed by atoms with Crippen LogP contribution in [0.25, 0.3) is 0 Å². The van der Waals surface area contributed by atoms with Crippen LogP contribution in [0.15, 0.2) is 0 Å². The molecule has 1 heterocycles. The summed E-state index contributed by atoms with van der Waals surface area (Å²) in [4.78, 5) is 14.3. The quantitative estimate of drug-likeness (QED) is 0.793. The molecule has 0 aromatic rings. The zero-order valence-corrected chi connectivity index (χ0v) is 10.2. The second-order valence-corrected chi connectivity index (χ2v) is 5.36. The highest BCUT2D eigenvalue weighted by molar-refractivity contribution is 7.99. The van der Waals surface area contributed by atoms with E-state index in [0.717, 1.165) is 18.2 Å². The van der Waals surface area contributed by atoms with Crippen molar-refractivity contribution in [3.63, 3.8) is 0 Å². The van der Waals surface area contributed by atoms with Gasteiger partial charge in [0, 0.05) is 24.2 Å². The van der Waals surface area contributed by atoms with Crippen LogP contribution in [0.1, 0.15) is 32.6 Å². The van der Waals surface area contributed by atoms with Gasteiger partial charge in [-0.05, 0) is 19.8 Å². The Morgan fingerprint density at radius 1 is 1.47 bits per heavy atom. The second kappa shape index (κ2) is 5.21. The maximum atomic E-state index is 12.2. The van der Waals surface area contributed by atoms with E-state index in [1.54, 1.807) is 0 Å². The molecule has 1 saturated heterocycles. The molecule has 15 heavy (non-hydrogen) atoms. The molecule has 0 bridgehead atoms. The number of likely N-dealkylation sites (N-methyl/N-ethyl adjacent to an activating group) is 1. The van der Waals surface area contributed by atoms with Crippen LogP contribution in [-0.2, 0) is 4.79 Å². The number of carbonyl (C=O) groups is 1. The summed E-state index contributed by atoms with van der Waals surface area (Å²) in [6.45, 7) is 2.96. The summed E-state index contributed by atoms with van der Waals surface area (Å²) < 4.78 is 0. The lowest BCUT2D eigenvalue weighted by Crippen LogP contribution is -2.48. The molecule has 3 nitrogen and oxygen atoms in total. The predicted octanol–water partition coefficient (Wildman–Crippen LogP) is 1.44. The standard InChI is InChI=1S/C11H20N2OS/c1-2-13(9-5-3-4-6-9)11(14)10-7-15-8-12-10/h9-10,12H,2-8H2,1H3. The van der Waals surface area contributed by atoms with E-state index in [1.165, 1.54) is 25.7 Å². The molecule has 0 spiro atoms. The van der Waals surface area contributed by atoms with Gasteiger partial charge in [-0.25, -0.2) is 0 Å². The van der Waals surface area contributed by atoms with Gasteiger partial charge >= 0.3 is 0 Å². The molecule has 1 N–H and O–H groups in total. The molecule has 2 rings (SSSR count). The molecule has 2 fully saturated rings. The molecule has 1 saturated carbocycles. The van der Waals surface area contributed by atoms with Crippen molar-refractivity contribution in [1.82, 2.24) is 10.2 Å². The van der Waals surface area contributed by atoms with E-state index in [4.69, 9.17) is 0 Å². The van der Waals surface area contributed by atoms with Crippen molar-refractivity contribution >= 4 is 17.7 Å². The Kier molecular flexibility index (Phi) is 3.92. The van der Waals surface area contributed by atoms with E-state index >= 15 is 0 Å². The minimum Gasteiger partial charge on any atom is -0.339 e. The first-order valence-corrected chi connectivity index (χ1v) is 7.10. The van der Waals surface area contributed by atoms with E-state index < -0.39 is 0 Å². The molecule has 1 atom stereocenters. The van der Waals surface area contributed by atoms with E-state index in [9.17, 15) is 4.79 Å². The zero-order valence-electron chi connectivity index (χ0n) is 9.37. The first-order chi connectivity index (χ1) is 7.33. The maximum Gasteiger partial charge on any atom is 0.240 e. The van der Waals surface area contributed by atoms with Crippen molar-refractivity contribution in [1.29, 1.82) is 0 Å². The fraction of sp³-hybridized carbons (Fsp3) is 0.909. The highest BCUT2D eigenvalue weighted by Gasteiger charge is 2.31. The lowest BCUT2D eigenvalue weighted by molar-refractivity contribution is -0.134. The predicted molar refractivity (Wildman–Crippen MR) is 63.9 cm³/mol. The van der Waals surface area contributed by atoms with Crippen molar-refractivity contribution < 1.29 is 4.79 Å². The molecule has 1 amide bonds. The van der Waals surface area contributed by atoms with Crippen molar-refractivity contribution in [3.8, 4) is 0 Å². The van der Waals surface area contributed by atoms with Gasteiger partial charge in [-0.15, -0.1) is 11.8 Å². The number of hydrogen-bond donors (Lipinski definition) is 1. The van der Waals surface area contributed by atoms with Crippen LogP contribution in [-0.4, -0.2) is 41.1 Å². The number of hydrogen-bond acceptors (Lipinski definition) is 3. The normalized spacial score (nSPS) is 27.1. The van der Waals surface area contributed by atoms with E-state index in [-0.39, 0.29) is 6.04 Å². The van der Waals surface area contributed by atoms with E-state index in [2.05, 4.69) is 17.1 Å². The van der Waals surface area contributed by atoms with Crippen LogP contribution < -0.4 is 5.32 Å². The smallest absolute Gasteiger partial charge is 0.240 e. The van der Waals surface area contributed by atoms with Crippen LogP contribution in [0.5, 0.6) is 0 Å². The monoisotopic (exact) mass is 228 g/mol. The number of carbonyl (C=O) groups excluding carboxylic acids is 1. The Morgan fingerprint density at radius 3 is 2.73 bits per heavy atom. The summed E-state index contributed by atoms with van der Waals surface area (Å²) in [6, 6.07) is 0.602. The third-order valence-corrected chi connectivity index (χ3v) is 4.34. The van der Waals surface area contributed by atoms with Gasteiger partial charge in [-0.1, -0.05) is 12.8 Å². The summed E-state index contributed by atoms with van der Waals surface area (Å²) in [5.74, 6) is 2.20. The molecular weight excluding hydrogens is 208 g/mol. The molecule has 4 heteroatoms. The maximum absolute atomic E-state index is 12.2. The molecule has 2 aliphatic rings. The van der Waals surface area contributed by atoms with Gasteiger partial charge in [-0.3, -0.25) is 10.1 Å². The third-order valence-electron chi connectivity index (χ3n) is 3.40. The molecule has 1 unspecified atom stereocenters. The second-order valence-electron chi connectivity index (χ2n) is 4.33. The summed E-state index contributed by atoms with van der Waals surface area (Å²) in [5.41, 5.74) is 0. The van der Waals surface area contributed by atoms with E-state index in [0.29, 0.717) is 11.9 Å². The minimum absolute atomic E-state index is 0.0792. The van der Waals surface area contributed by atoms with Crippen LogP contribution in [0, 0.1) is 0 Å². The van der Waals surface area contributed by atoms with Crippen LogP contribution in [0.3, 0.4) is 0 Å². The van der Waals surface area contributed by atoms with Gasteiger partial charge in [0.05, 0.1) is 6.04 Å². The summed E-state index contributed by atoms with van der Waals surface area (Å²) in [7, 11) is 0. The third kappa shape index (κ3) is 2.48. The Morgan fingerprint density at radius 2 is 2.20 bits per heavy atom. The van der Waals surface area contributed by atoms with Crippen molar-refractivity contribution in [2.45, 2.75) is 44.7 Å². The fourth-order valence-corrected chi connectivity index (χ4v) is 3.50. The topological polar surface area (TPSA) is 32.3 Å². The first-order valence-electron chi connectivity index (χ1n) is 5.94. The Hall–Kier alpha value is -0.220. The number of nitrogens with one attached hydrogen (secondary N) is 1. The van der Waals surface area contributed by atoms with Crippen molar-refractivity contribution in [2.24, 2.45) is 0 Å².